The summed E-state index contributed by atoms with van der Waals surface area (Å²) in [5, 5.41) is 12.5. The molecular weight excluding hydrogens is 435 g/mol. The zero-order chi connectivity index (χ0) is 22.6. The minimum absolute atomic E-state index is 0.0983. The van der Waals surface area contributed by atoms with E-state index in [9.17, 15) is 18.0 Å². The molecule has 168 valence electrons. The third-order valence-electron chi connectivity index (χ3n) is 4.69. The van der Waals surface area contributed by atoms with Crippen molar-refractivity contribution < 1.29 is 32.3 Å². The van der Waals surface area contributed by atoms with Crippen molar-refractivity contribution in [3.8, 4) is 5.75 Å². The number of alkyl halides is 3. The summed E-state index contributed by atoms with van der Waals surface area (Å²) in [5.41, 5.74) is 2.35. The molecule has 0 saturated carbocycles. The molecule has 0 aliphatic heterocycles. The van der Waals surface area contributed by atoms with Crippen molar-refractivity contribution in [3.63, 3.8) is 0 Å². The van der Waals surface area contributed by atoms with Crippen molar-refractivity contribution in [2.75, 3.05) is 20.1 Å². The monoisotopic (exact) mass is 457 g/mol. The second-order valence-electron chi connectivity index (χ2n) is 7.13. The van der Waals surface area contributed by atoms with Gasteiger partial charge in [0.05, 0.1) is 22.3 Å². The standard InChI is InChI=1S/C20H22F3N3O4S/c1-3-4-12-14(6-5-13-18(12)25-30-19(13)20(21,22)23)29-15(16-9-24-11-31-16)7-8-26(2)10-17(27)28/h5-6,9,11,15H,3-4,7-8,10H2,1-2H3,(H,27,28). The predicted octanol–water partition coefficient (Wildman–Crippen LogP) is 4.78. The van der Waals surface area contributed by atoms with Crippen LogP contribution in [0.4, 0.5) is 13.2 Å². The molecule has 0 amide bonds. The van der Waals surface area contributed by atoms with Crippen LogP contribution in [0.25, 0.3) is 10.9 Å². The van der Waals surface area contributed by atoms with E-state index < -0.39 is 24.0 Å². The van der Waals surface area contributed by atoms with Crippen LogP contribution >= 0.6 is 11.3 Å². The molecule has 0 fully saturated rings. The highest BCUT2D eigenvalue weighted by Crippen LogP contribution is 2.39. The molecule has 0 saturated heterocycles. The van der Waals surface area contributed by atoms with Gasteiger partial charge in [-0.1, -0.05) is 18.5 Å². The highest BCUT2D eigenvalue weighted by molar-refractivity contribution is 7.09. The molecule has 0 radical (unpaired) electrons. The highest BCUT2D eigenvalue weighted by Gasteiger charge is 2.38. The Morgan fingerprint density at radius 3 is 2.77 bits per heavy atom. The molecule has 3 aromatic rings. The van der Waals surface area contributed by atoms with Crippen LogP contribution in [-0.4, -0.2) is 46.3 Å². The third-order valence-corrected chi connectivity index (χ3v) is 5.55. The number of nitrogens with zero attached hydrogens (tertiary/aromatic N) is 3. The molecule has 1 N–H and O–H groups in total. The minimum Gasteiger partial charge on any atom is -0.484 e. The van der Waals surface area contributed by atoms with Crippen LogP contribution in [0, 0.1) is 0 Å². The molecule has 31 heavy (non-hydrogen) atoms. The van der Waals surface area contributed by atoms with E-state index in [0.29, 0.717) is 37.1 Å². The molecule has 3 rings (SSSR count). The van der Waals surface area contributed by atoms with Crippen LogP contribution in [0.15, 0.2) is 28.4 Å². The molecular formula is C20H22F3N3O4S. The van der Waals surface area contributed by atoms with Crippen molar-refractivity contribution in [3.05, 3.63) is 40.0 Å². The maximum atomic E-state index is 13.2. The van der Waals surface area contributed by atoms with E-state index in [1.165, 1.54) is 23.5 Å². The first-order chi connectivity index (χ1) is 14.7. The minimum atomic E-state index is -4.64. The Labute approximate surface area is 180 Å². The molecule has 0 bridgehead atoms. The molecule has 1 atom stereocenters. The molecule has 1 aromatic carbocycles. The fourth-order valence-corrected chi connectivity index (χ4v) is 3.98. The smallest absolute Gasteiger partial charge is 0.453 e. The van der Waals surface area contributed by atoms with Gasteiger partial charge < -0.3 is 14.4 Å². The van der Waals surface area contributed by atoms with E-state index >= 15 is 0 Å². The van der Waals surface area contributed by atoms with Crippen LogP contribution in [0.2, 0.25) is 0 Å². The van der Waals surface area contributed by atoms with E-state index in [1.54, 1.807) is 23.7 Å². The van der Waals surface area contributed by atoms with Crippen molar-refractivity contribution in [1.82, 2.24) is 15.0 Å². The van der Waals surface area contributed by atoms with E-state index in [2.05, 4.69) is 14.7 Å². The number of hydrogen-bond donors (Lipinski definition) is 1. The number of ether oxygens (including phenoxy) is 1. The number of aryl methyl sites for hydroxylation is 1. The number of fused-ring (bicyclic) bond motifs is 1. The summed E-state index contributed by atoms with van der Waals surface area (Å²) >= 11 is 1.39. The quantitative estimate of drug-likeness (QED) is 0.469. The number of carboxylic acid groups (broad SMARTS) is 1. The van der Waals surface area contributed by atoms with E-state index in [-0.39, 0.29) is 17.4 Å². The second kappa shape index (κ2) is 9.65. The van der Waals surface area contributed by atoms with Crippen molar-refractivity contribution >= 4 is 28.2 Å². The number of thiazole rings is 1. The fraction of sp³-hybridized carbons (Fsp3) is 0.450. The molecule has 7 nitrogen and oxygen atoms in total. The Morgan fingerprint density at radius 1 is 1.39 bits per heavy atom. The highest BCUT2D eigenvalue weighted by atomic mass is 32.1. The maximum absolute atomic E-state index is 13.2. The maximum Gasteiger partial charge on any atom is 0.453 e. The Hall–Kier alpha value is -2.66. The van der Waals surface area contributed by atoms with Crippen LogP contribution in [0.1, 0.15) is 42.1 Å². The normalized spacial score (nSPS) is 13.1. The molecule has 1 unspecified atom stereocenters. The number of aromatic nitrogens is 2. The number of likely N-dealkylation sites (N-methyl/N-ethyl adjacent to an activating group) is 1. The van der Waals surface area contributed by atoms with E-state index in [0.717, 1.165) is 4.88 Å². The first kappa shape index (κ1) is 23.0. The van der Waals surface area contributed by atoms with E-state index in [4.69, 9.17) is 9.84 Å². The second-order valence-corrected chi connectivity index (χ2v) is 8.05. The third kappa shape index (κ3) is 5.53. The van der Waals surface area contributed by atoms with Gasteiger partial charge in [0.15, 0.2) is 0 Å². The Kier molecular flexibility index (Phi) is 7.16. The van der Waals surface area contributed by atoms with Gasteiger partial charge in [0, 0.05) is 24.7 Å². The SMILES string of the molecule is CCCc1c(OC(CCN(C)CC(=O)O)c2cncs2)ccc2c(C(F)(F)F)onc12. The first-order valence-corrected chi connectivity index (χ1v) is 10.5. The average Bonchev–Trinajstić information content (AvgIpc) is 3.35. The summed E-state index contributed by atoms with van der Waals surface area (Å²) in [6.45, 7) is 2.25. The number of carboxylic acids is 1. The number of aliphatic carboxylic acids is 1. The van der Waals surface area contributed by atoms with Crippen molar-refractivity contribution in [2.24, 2.45) is 0 Å². The lowest BCUT2D eigenvalue weighted by molar-refractivity contribution is -0.154. The number of benzene rings is 1. The summed E-state index contributed by atoms with van der Waals surface area (Å²) in [5.74, 6) is -1.63. The lowest BCUT2D eigenvalue weighted by Gasteiger charge is -2.22. The summed E-state index contributed by atoms with van der Waals surface area (Å²) < 4.78 is 50.5. The number of carbonyl (C=O) groups is 1. The molecule has 2 heterocycles. The van der Waals surface area contributed by atoms with Gasteiger partial charge in [0.2, 0.25) is 5.76 Å². The zero-order valence-corrected chi connectivity index (χ0v) is 17.8. The number of halogens is 3. The van der Waals surface area contributed by atoms with Gasteiger partial charge in [0.25, 0.3) is 0 Å². The molecule has 0 spiro atoms. The van der Waals surface area contributed by atoms with Gasteiger partial charge in [-0.2, -0.15) is 13.2 Å². The van der Waals surface area contributed by atoms with Gasteiger partial charge in [0.1, 0.15) is 17.4 Å². The predicted molar refractivity (Wildman–Crippen MR) is 108 cm³/mol. The molecule has 2 aromatic heterocycles. The van der Waals surface area contributed by atoms with Crippen molar-refractivity contribution in [1.29, 1.82) is 0 Å². The summed E-state index contributed by atoms with van der Waals surface area (Å²) in [4.78, 5) is 17.5. The lowest BCUT2D eigenvalue weighted by atomic mass is 10.0. The van der Waals surface area contributed by atoms with Gasteiger partial charge in [-0.25, -0.2) is 0 Å². The molecule has 11 heteroatoms. The Balaban J connectivity index is 1.92. The largest absolute Gasteiger partial charge is 0.484 e. The average molecular weight is 457 g/mol. The summed E-state index contributed by atoms with van der Waals surface area (Å²) in [6, 6.07) is 2.82. The van der Waals surface area contributed by atoms with Crippen molar-refractivity contribution in [2.45, 2.75) is 38.5 Å². The Morgan fingerprint density at radius 2 is 2.16 bits per heavy atom. The van der Waals surface area contributed by atoms with Crippen LogP contribution in [0.3, 0.4) is 0 Å². The number of rotatable bonds is 10. The topological polar surface area (TPSA) is 88.7 Å². The van der Waals surface area contributed by atoms with Gasteiger partial charge in [-0.05, 0) is 25.6 Å². The summed E-state index contributed by atoms with van der Waals surface area (Å²) in [6.07, 6.45) is -1.79. The van der Waals surface area contributed by atoms with Crippen LogP contribution in [-0.2, 0) is 17.4 Å². The fourth-order valence-electron chi connectivity index (χ4n) is 3.30. The molecule has 0 aliphatic carbocycles. The van der Waals surface area contributed by atoms with Crippen LogP contribution < -0.4 is 4.74 Å². The first-order valence-electron chi connectivity index (χ1n) is 9.64. The molecule has 0 aliphatic rings. The Bertz CT molecular complexity index is 1020. The summed E-state index contributed by atoms with van der Waals surface area (Å²) in [7, 11) is 1.69. The number of hydrogen-bond acceptors (Lipinski definition) is 7. The van der Waals surface area contributed by atoms with Gasteiger partial charge in [-0.3, -0.25) is 14.7 Å². The zero-order valence-electron chi connectivity index (χ0n) is 17.0. The lowest BCUT2D eigenvalue weighted by Crippen LogP contribution is -2.28. The van der Waals surface area contributed by atoms with Crippen LogP contribution in [0.5, 0.6) is 5.75 Å². The van der Waals surface area contributed by atoms with Gasteiger partial charge in [-0.15, -0.1) is 11.3 Å². The van der Waals surface area contributed by atoms with Gasteiger partial charge >= 0.3 is 12.1 Å². The van der Waals surface area contributed by atoms with E-state index in [1.807, 2.05) is 6.92 Å².